The predicted octanol–water partition coefficient (Wildman–Crippen LogP) is 1.50. The van der Waals surface area contributed by atoms with Crippen LogP contribution in [0.2, 0.25) is 0 Å². The maximum Gasteiger partial charge on any atom is 0.254 e. The van der Waals surface area contributed by atoms with Crippen LogP contribution in [0.25, 0.3) is 0 Å². The van der Waals surface area contributed by atoms with Gasteiger partial charge >= 0.3 is 0 Å². The number of benzene rings is 1. The average Bonchev–Trinajstić information content (AvgIpc) is 2.46. The molecule has 1 fully saturated rings. The molecule has 1 aliphatic rings. The lowest BCUT2D eigenvalue weighted by Crippen LogP contribution is -2.45. The number of rotatable bonds is 3. The Bertz CT molecular complexity index is 487. The minimum Gasteiger partial charge on any atom is -0.375 e. The summed E-state index contributed by atoms with van der Waals surface area (Å²) in [6.45, 7) is 3.22. The van der Waals surface area contributed by atoms with Gasteiger partial charge in [0.05, 0.1) is 12.7 Å². The molecule has 1 atom stereocenters. The van der Waals surface area contributed by atoms with Crippen LogP contribution in [0.15, 0.2) is 12.1 Å². The van der Waals surface area contributed by atoms with Crippen molar-refractivity contribution >= 4 is 11.6 Å². The minimum absolute atomic E-state index is 0.0317. The van der Waals surface area contributed by atoms with Crippen molar-refractivity contribution < 1.29 is 18.3 Å². The highest BCUT2D eigenvalue weighted by Crippen LogP contribution is 2.21. The summed E-state index contributed by atoms with van der Waals surface area (Å²) in [4.78, 5) is 13.8. The van der Waals surface area contributed by atoms with Gasteiger partial charge in [-0.1, -0.05) is 6.92 Å². The summed E-state index contributed by atoms with van der Waals surface area (Å²) >= 11 is 0. The molecule has 1 aromatic rings. The number of hydrogen-bond acceptors (Lipinski definition) is 4. The molecule has 1 saturated heterocycles. The van der Waals surface area contributed by atoms with Crippen LogP contribution in [-0.2, 0) is 4.74 Å². The molecule has 0 aliphatic carbocycles. The van der Waals surface area contributed by atoms with E-state index in [4.69, 9.17) is 10.6 Å². The van der Waals surface area contributed by atoms with Gasteiger partial charge in [0.1, 0.15) is 5.69 Å². The maximum atomic E-state index is 13.6. The maximum absolute atomic E-state index is 13.6. The Hall–Kier alpha value is -1.73. The Labute approximate surface area is 115 Å². The van der Waals surface area contributed by atoms with Crippen molar-refractivity contribution in [2.45, 2.75) is 19.4 Å². The first-order valence-corrected chi connectivity index (χ1v) is 6.43. The molecule has 2 rings (SSSR count). The molecule has 1 unspecified atom stereocenters. The van der Waals surface area contributed by atoms with Gasteiger partial charge in [0, 0.05) is 18.7 Å². The molecular weight excluding hydrogens is 268 g/mol. The quantitative estimate of drug-likeness (QED) is 0.652. The van der Waals surface area contributed by atoms with Crippen molar-refractivity contribution in [3.8, 4) is 0 Å². The SMILES string of the molecule is CCC1CN(C(=O)c2cc(F)c(NN)c(F)c2)CCO1. The molecule has 0 radical (unpaired) electrons. The molecule has 0 saturated carbocycles. The second-order valence-electron chi connectivity index (χ2n) is 4.61. The van der Waals surface area contributed by atoms with Crippen LogP contribution in [0.5, 0.6) is 0 Å². The zero-order valence-electron chi connectivity index (χ0n) is 11.2. The largest absolute Gasteiger partial charge is 0.375 e. The highest BCUT2D eigenvalue weighted by molar-refractivity contribution is 5.94. The highest BCUT2D eigenvalue weighted by Gasteiger charge is 2.25. The Morgan fingerprint density at radius 2 is 2.15 bits per heavy atom. The lowest BCUT2D eigenvalue weighted by atomic mass is 10.1. The smallest absolute Gasteiger partial charge is 0.254 e. The van der Waals surface area contributed by atoms with Gasteiger partial charge in [0.25, 0.3) is 5.91 Å². The van der Waals surface area contributed by atoms with E-state index in [9.17, 15) is 13.6 Å². The van der Waals surface area contributed by atoms with E-state index in [0.717, 1.165) is 18.6 Å². The van der Waals surface area contributed by atoms with Gasteiger partial charge in [0.2, 0.25) is 0 Å². The number of carbonyl (C=O) groups excluding carboxylic acids is 1. The summed E-state index contributed by atoms with van der Waals surface area (Å²) in [5.41, 5.74) is 1.45. The summed E-state index contributed by atoms with van der Waals surface area (Å²) in [6.07, 6.45) is 0.745. The number of hydrogen-bond donors (Lipinski definition) is 2. The number of ether oxygens (including phenoxy) is 1. The Morgan fingerprint density at radius 1 is 1.50 bits per heavy atom. The first-order chi connectivity index (χ1) is 9.56. The third-order valence-electron chi connectivity index (χ3n) is 3.31. The predicted molar refractivity (Wildman–Crippen MR) is 70.1 cm³/mol. The van der Waals surface area contributed by atoms with Crippen molar-refractivity contribution in [3.63, 3.8) is 0 Å². The van der Waals surface area contributed by atoms with Crippen LogP contribution < -0.4 is 11.3 Å². The van der Waals surface area contributed by atoms with Crippen molar-refractivity contribution in [1.29, 1.82) is 0 Å². The summed E-state index contributed by atoms with van der Waals surface area (Å²) in [5, 5.41) is 0. The monoisotopic (exact) mass is 285 g/mol. The molecule has 1 heterocycles. The summed E-state index contributed by atoms with van der Waals surface area (Å²) in [5.74, 6) is 2.82. The zero-order chi connectivity index (χ0) is 14.7. The lowest BCUT2D eigenvalue weighted by molar-refractivity contribution is -0.0226. The van der Waals surface area contributed by atoms with Crippen LogP contribution in [0, 0.1) is 11.6 Å². The van der Waals surface area contributed by atoms with Gasteiger partial charge in [-0.2, -0.15) is 0 Å². The summed E-state index contributed by atoms with van der Waals surface area (Å²) < 4.78 is 32.7. The molecule has 110 valence electrons. The van der Waals surface area contributed by atoms with E-state index in [-0.39, 0.29) is 11.7 Å². The third kappa shape index (κ3) is 2.88. The van der Waals surface area contributed by atoms with Crippen LogP contribution in [0.4, 0.5) is 14.5 Å². The number of nitrogens with zero attached hydrogens (tertiary/aromatic N) is 1. The number of nitrogen functional groups attached to an aromatic ring is 1. The fourth-order valence-corrected chi connectivity index (χ4v) is 2.17. The molecule has 0 aromatic heterocycles. The molecular formula is C13H17F2N3O2. The molecule has 5 nitrogen and oxygen atoms in total. The van der Waals surface area contributed by atoms with Gasteiger partial charge in [-0.05, 0) is 18.6 Å². The number of carbonyl (C=O) groups is 1. The Balaban J connectivity index is 2.21. The minimum atomic E-state index is -0.892. The van der Waals surface area contributed by atoms with E-state index >= 15 is 0 Å². The molecule has 3 N–H and O–H groups in total. The first-order valence-electron chi connectivity index (χ1n) is 6.43. The van der Waals surface area contributed by atoms with Crippen LogP contribution in [0.1, 0.15) is 23.7 Å². The van der Waals surface area contributed by atoms with Gasteiger partial charge in [-0.25, -0.2) is 8.78 Å². The fraction of sp³-hybridized carbons (Fsp3) is 0.462. The number of hydrazine groups is 1. The number of nitrogens with two attached hydrogens (primary N) is 1. The second kappa shape index (κ2) is 6.15. The molecule has 0 bridgehead atoms. The van der Waals surface area contributed by atoms with Crippen LogP contribution in [-0.4, -0.2) is 36.6 Å². The van der Waals surface area contributed by atoms with E-state index in [1.165, 1.54) is 0 Å². The van der Waals surface area contributed by atoms with Gasteiger partial charge in [-0.15, -0.1) is 0 Å². The average molecular weight is 285 g/mol. The summed E-state index contributed by atoms with van der Waals surface area (Å²) in [6, 6.07) is 1.97. The number of halogens is 2. The van der Waals surface area contributed by atoms with Crippen molar-refractivity contribution in [2.24, 2.45) is 5.84 Å². The number of morpholine rings is 1. The normalized spacial score (nSPS) is 19.0. The second-order valence-corrected chi connectivity index (χ2v) is 4.61. The van der Waals surface area contributed by atoms with Crippen LogP contribution >= 0.6 is 0 Å². The van der Waals surface area contributed by atoms with Gasteiger partial charge < -0.3 is 15.1 Å². The zero-order valence-corrected chi connectivity index (χ0v) is 11.2. The molecule has 1 amide bonds. The number of amides is 1. The molecule has 0 spiro atoms. The van der Waals surface area contributed by atoms with Crippen molar-refractivity contribution in [1.82, 2.24) is 4.90 Å². The fourth-order valence-electron chi connectivity index (χ4n) is 2.17. The first kappa shape index (κ1) is 14.7. The molecule has 20 heavy (non-hydrogen) atoms. The van der Waals surface area contributed by atoms with Crippen LogP contribution in [0.3, 0.4) is 0 Å². The summed E-state index contributed by atoms with van der Waals surface area (Å²) in [7, 11) is 0. The standard InChI is InChI=1S/C13H17F2N3O2/c1-2-9-7-18(3-4-20-9)13(19)8-5-10(14)12(17-16)11(15)6-8/h5-6,9,17H,2-4,7,16H2,1H3. The van der Waals surface area contributed by atoms with E-state index in [0.29, 0.717) is 19.7 Å². The number of nitrogens with one attached hydrogen (secondary N) is 1. The third-order valence-corrected chi connectivity index (χ3v) is 3.31. The van der Waals surface area contributed by atoms with E-state index in [1.807, 2.05) is 12.3 Å². The number of anilines is 1. The Morgan fingerprint density at radius 3 is 2.70 bits per heavy atom. The topological polar surface area (TPSA) is 67.6 Å². The van der Waals surface area contributed by atoms with Gasteiger partial charge in [-0.3, -0.25) is 10.6 Å². The molecule has 1 aliphatic heterocycles. The van der Waals surface area contributed by atoms with Gasteiger partial charge in [0.15, 0.2) is 11.6 Å². The van der Waals surface area contributed by atoms with E-state index in [2.05, 4.69) is 0 Å². The van der Waals surface area contributed by atoms with Crippen molar-refractivity contribution in [2.75, 3.05) is 25.1 Å². The lowest BCUT2D eigenvalue weighted by Gasteiger charge is -2.32. The van der Waals surface area contributed by atoms with E-state index in [1.54, 1.807) is 4.90 Å². The molecule has 7 heteroatoms. The van der Waals surface area contributed by atoms with E-state index < -0.39 is 23.2 Å². The van der Waals surface area contributed by atoms with Crippen molar-refractivity contribution in [3.05, 3.63) is 29.3 Å². The Kier molecular flexibility index (Phi) is 4.51. The highest BCUT2D eigenvalue weighted by atomic mass is 19.1. The molecule has 1 aromatic carbocycles.